The second-order valence-electron chi connectivity index (χ2n) is 4.85. The van der Waals surface area contributed by atoms with Gasteiger partial charge in [-0.05, 0) is 25.5 Å². The Bertz CT molecular complexity index is 461. The number of rotatable bonds is 4. The zero-order valence-corrected chi connectivity index (χ0v) is 11.3. The van der Waals surface area contributed by atoms with E-state index in [0.29, 0.717) is 19.5 Å². The summed E-state index contributed by atoms with van der Waals surface area (Å²) in [6.07, 6.45) is 3.76. The second-order valence-corrected chi connectivity index (χ2v) is 4.85. The molecule has 1 saturated heterocycles. The van der Waals surface area contributed by atoms with Gasteiger partial charge in [-0.1, -0.05) is 6.07 Å². The molecule has 1 aliphatic heterocycles. The van der Waals surface area contributed by atoms with Gasteiger partial charge in [0.2, 0.25) is 11.8 Å². The lowest BCUT2D eigenvalue weighted by molar-refractivity contribution is -0.129. The van der Waals surface area contributed by atoms with Gasteiger partial charge in [0, 0.05) is 31.9 Å². The molecule has 1 fully saturated rings. The van der Waals surface area contributed by atoms with Gasteiger partial charge in [-0.15, -0.1) is 0 Å². The Kier molecular flexibility index (Phi) is 4.14. The van der Waals surface area contributed by atoms with E-state index in [1.807, 2.05) is 26.0 Å². The van der Waals surface area contributed by atoms with Gasteiger partial charge >= 0.3 is 0 Å². The van der Waals surface area contributed by atoms with E-state index >= 15 is 0 Å². The number of amides is 2. The fourth-order valence-electron chi connectivity index (χ4n) is 2.30. The van der Waals surface area contributed by atoms with Crippen molar-refractivity contribution in [1.29, 1.82) is 0 Å². The SMILES string of the molecule is CCN1C[C@H](C(=O)N[C@H](C)c2cccnc2)CC1=O. The van der Waals surface area contributed by atoms with Crippen LogP contribution in [-0.2, 0) is 9.59 Å². The molecule has 2 amide bonds. The van der Waals surface area contributed by atoms with Crippen LogP contribution in [0.5, 0.6) is 0 Å². The predicted molar refractivity (Wildman–Crippen MR) is 71.2 cm³/mol. The van der Waals surface area contributed by atoms with Crippen LogP contribution in [0.4, 0.5) is 0 Å². The third-order valence-electron chi connectivity index (χ3n) is 3.51. The van der Waals surface area contributed by atoms with Crippen molar-refractivity contribution >= 4 is 11.8 Å². The summed E-state index contributed by atoms with van der Waals surface area (Å²) in [4.78, 5) is 29.5. The highest BCUT2D eigenvalue weighted by Crippen LogP contribution is 2.19. The first kappa shape index (κ1) is 13.5. The normalized spacial score (nSPS) is 20.4. The molecule has 1 aromatic rings. The van der Waals surface area contributed by atoms with E-state index in [-0.39, 0.29) is 23.8 Å². The lowest BCUT2D eigenvalue weighted by Crippen LogP contribution is -2.34. The number of likely N-dealkylation sites (tertiary alicyclic amines) is 1. The highest BCUT2D eigenvalue weighted by atomic mass is 16.2. The van der Waals surface area contributed by atoms with Crippen molar-refractivity contribution in [3.05, 3.63) is 30.1 Å². The Labute approximate surface area is 113 Å². The fourth-order valence-corrected chi connectivity index (χ4v) is 2.30. The van der Waals surface area contributed by atoms with Crippen LogP contribution in [-0.4, -0.2) is 34.8 Å². The van der Waals surface area contributed by atoms with Crippen LogP contribution in [0.1, 0.15) is 31.9 Å². The first-order chi connectivity index (χ1) is 9.11. The third-order valence-corrected chi connectivity index (χ3v) is 3.51. The fraction of sp³-hybridized carbons (Fsp3) is 0.500. The molecule has 0 spiro atoms. The molecule has 102 valence electrons. The summed E-state index contributed by atoms with van der Waals surface area (Å²) < 4.78 is 0. The van der Waals surface area contributed by atoms with E-state index in [4.69, 9.17) is 0 Å². The van der Waals surface area contributed by atoms with E-state index < -0.39 is 0 Å². The number of carbonyl (C=O) groups is 2. The molecule has 2 heterocycles. The van der Waals surface area contributed by atoms with Crippen molar-refractivity contribution in [1.82, 2.24) is 15.2 Å². The topological polar surface area (TPSA) is 62.3 Å². The van der Waals surface area contributed by atoms with Crippen molar-refractivity contribution in [2.24, 2.45) is 5.92 Å². The minimum absolute atomic E-state index is 0.0550. The van der Waals surface area contributed by atoms with E-state index in [0.717, 1.165) is 5.56 Å². The molecule has 0 radical (unpaired) electrons. The maximum absolute atomic E-state index is 12.1. The summed E-state index contributed by atoms with van der Waals surface area (Å²) in [5.74, 6) is -0.219. The van der Waals surface area contributed by atoms with Gasteiger partial charge in [-0.3, -0.25) is 14.6 Å². The van der Waals surface area contributed by atoms with E-state index in [9.17, 15) is 9.59 Å². The summed E-state index contributed by atoms with van der Waals surface area (Å²) in [5.41, 5.74) is 0.965. The monoisotopic (exact) mass is 261 g/mol. The van der Waals surface area contributed by atoms with Gasteiger partial charge < -0.3 is 10.2 Å². The average molecular weight is 261 g/mol. The maximum atomic E-state index is 12.1. The molecule has 0 saturated carbocycles. The zero-order valence-electron chi connectivity index (χ0n) is 11.3. The van der Waals surface area contributed by atoms with Crippen LogP contribution >= 0.6 is 0 Å². The maximum Gasteiger partial charge on any atom is 0.225 e. The number of pyridine rings is 1. The molecule has 0 bridgehead atoms. The van der Waals surface area contributed by atoms with Gasteiger partial charge in [-0.2, -0.15) is 0 Å². The van der Waals surface area contributed by atoms with Crippen LogP contribution in [0.25, 0.3) is 0 Å². The highest BCUT2D eigenvalue weighted by Gasteiger charge is 2.33. The highest BCUT2D eigenvalue weighted by molar-refractivity contribution is 5.89. The van der Waals surface area contributed by atoms with Gasteiger partial charge in [0.1, 0.15) is 0 Å². The Balaban J connectivity index is 1.93. The molecule has 1 aromatic heterocycles. The predicted octanol–water partition coefficient (Wildman–Crippen LogP) is 1.13. The van der Waals surface area contributed by atoms with Gasteiger partial charge in [0.05, 0.1) is 12.0 Å². The number of carbonyl (C=O) groups excluding carboxylic acids is 2. The smallest absolute Gasteiger partial charge is 0.225 e. The first-order valence-corrected chi connectivity index (χ1v) is 6.60. The number of hydrogen-bond donors (Lipinski definition) is 1. The van der Waals surface area contributed by atoms with Crippen molar-refractivity contribution in [2.75, 3.05) is 13.1 Å². The second kappa shape index (κ2) is 5.82. The Morgan fingerprint density at radius 3 is 3.00 bits per heavy atom. The van der Waals surface area contributed by atoms with Gasteiger partial charge in [0.15, 0.2) is 0 Å². The molecule has 0 aromatic carbocycles. The Hall–Kier alpha value is -1.91. The minimum Gasteiger partial charge on any atom is -0.349 e. The molecular formula is C14H19N3O2. The molecule has 2 rings (SSSR count). The molecule has 1 N–H and O–H groups in total. The molecule has 1 aliphatic rings. The minimum atomic E-state index is -0.230. The lowest BCUT2D eigenvalue weighted by Gasteiger charge is -2.17. The molecule has 0 unspecified atom stereocenters. The van der Waals surface area contributed by atoms with Crippen LogP contribution in [0.3, 0.4) is 0 Å². The van der Waals surface area contributed by atoms with Crippen LogP contribution < -0.4 is 5.32 Å². The van der Waals surface area contributed by atoms with Gasteiger partial charge in [0.25, 0.3) is 0 Å². The summed E-state index contributed by atoms with van der Waals surface area (Å²) in [6.45, 7) is 5.04. The lowest BCUT2D eigenvalue weighted by atomic mass is 10.1. The molecule has 2 atom stereocenters. The van der Waals surface area contributed by atoms with Crippen molar-refractivity contribution in [3.8, 4) is 0 Å². The van der Waals surface area contributed by atoms with E-state index in [2.05, 4.69) is 10.3 Å². The molecule has 5 heteroatoms. The van der Waals surface area contributed by atoms with Crippen LogP contribution in [0.2, 0.25) is 0 Å². The first-order valence-electron chi connectivity index (χ1n) is 6.60. The van der Waals surface area contributed by atoms with Crippen LogP contribution in [0, 0.1) is 5.92 Å². The van der Waals surface area contributed by atoms with Crippen molar-refractivity contribution in [2.45, 2.75) is 26.3 Å². The molecule has 0 aliphatic carbocycles. The number of aromatic nitrogens is 1. The average Bonchev–Trinajstić information content (AvgIpc) is 2.81. The van der Waals surface area contributed by atoms with E-state index in [1.54, 1.807) is 17.3 Å². The Morgan fingerprint density at radius 2 is 2.42 bits per heavy atom. The molecule has 5 nitrogen and oxygen atoms in total. The summed E-state index contributed by atoms with van der Waals surface area (Å²) >= 11 is 0. The summed E-state index contributed by atoms with van der Waals surface area (Å²) in [6, 6.07) is 3.68. The zero-order chi connectivity index (χ0) is 13.8. The standard InChI is InChI=1S/C14H19N3O2/c1-3-17-9-12(7-13(17)18)14(19)16-10(2)11-5-4-6-15-8-11/h4-6,8,10,12H,3,7,9H2,1-2H3,(H,16,19)/t10-,12-/m1/s1. The molecule has 19 heavy (non-hydrogen) atoms. The van der Waals surface area contributed by atoms with Crippen LogP contribution in [0.15, 0.2) is 24.5 Å². The number of nitrogens with zero attached hydrogens (tertiary/aromatic N) is 2. The summed E-state index contributed by atoms with van der Waals surface area (Å²) in [5, 5.41) is 2.95. The summed E-state index contributed by atoms with van der Waals surface area (Å²) in [7, 11) is 0. The largest absolute Gasteiger partial charge is 0.349 e. The quantitative estimate of drug-likeness (QED) is 0.883. The van der Waals surface area contributed by atoms with Crippen molar-refractivity contribution < 1.29 is 9.59 Å². The molecular weight excluding hydrogens is 242 g/mol. The number of nitrogens with one attached hydrogen (secondary N) is 1. The number of hydrogen-bond acceptors (Lipinski definition) is 3. The van der Waals surface area contributed by atoms with Crippen molar-refractivity contribution in [3.63, 3.8) is 0 Å². The van der Waals surface area contributed by atoms with E-state index in [1.165, 1.54) is 0 Å². The third kappa shape index (κ3) is 3.10. The van der Waals surface area contributed by atoms with Gasteiger partial charge in [-0.25, -0.2) is 0 Å². The Morgan fingerprint density at radius 1 is 1.63 bits per heavy atom.